The number of allylic oxidation sites excluding steroid dienone is 5. The van der Waals surface area contributed by atoms with Gasteiger partial charge in [0.1, 0.15) is 0 Å². The normalized spacial score (nSPS) is 34.4. The Morgan fingerprint density at radius 3 is 2.74 bits per heavy atom. The van der Waals surface area contributed by atoms with Crippen LogP contribution in [0.15, 0.2) is 82.3 Å². The molecule has 2 unspecified atom stereocenters. The van der Waals surface area contributed by atoms with Crippen LogP contribution in [0.1, 0.15) is 58.8 Å². The highest BCUT2D eigenvalue weighted by Crippen LogP contribution is 2.56. The minimum absolute atomic E-state index is 0.0979. The second-order valence-corrected chi connectivity index (χ2v) is 12.7. The molecule has 34 heavy (non-hydrogen) atoms. The monoisotopic (exact) mass is 481 g/mol. The van der Waals surface area contributed by atoms with Crippen LogP contribution in [0.25, 0.3) is 0 Å². The fourth-order valence-corrected chi connectivity index (χ4v) is 7.57. The second kappa shape index (κ2) is 9.98. The van der Waals surface area contributed by atoms with E-state index in [4.69, 9.17) is 5.14 Å². The third-order valence-electron chi connectivity index (χ3n) is 8.22. The van der Waals surface area contributed by atoms with Gasteiger partial charge in [0.05, 0.1) is 21.9 Å². The first-order valence-corrected chi connectivity index (χ1v) is 14.2. The van der Waals surface area contributed by atoms with Crippen molar-refractivity contribution in [1.29, 1.82) is 0 Å². The maximum Gasteiger partial charge on any atom is 0.0811 e. The van der Waals surface area contributed by atoms with E-state index in [1.54, 1.807) is 0 Å². The zero-order valence-electron chi connectivity index (χ0n) is 20.5. The van der Waals surface area contributed by atoms with Gasteiger partial charge in [-0.2, -0.15) is 0 Å². The van der Waals surface area contributed by atoms with Gasteiger partial charge in [0.25, 0.3) is 0 Å². The van der Waals surface area contributed by atoms with Crippen molar-refractivity contribution in [3.05, 3.63) is 77.4 Å². The first-order chi connectivity index (χ1) is 16.1. The Hall–Kier alpha value is -1.92. The van der Waals surface area contributed by atoms with Crippen molar-refractivity contribution in [2.24, 2.45) is 22.4 Å². The molecule has 1 aromatic carbocycles. The standard InChI is InChI=1S/C29H39NO3S/c1-20(15-17-34(30,33)25-9-5-4-6-10-25)26-13-14-27-22(8-7-16-29(26,27)3)11-12-23-18-24(31)19-28(32)21(23)2/h4-6,9-13,17,20,24,27-28,31-32H,2,7-8,14-16,18-19H2,1,3H3,(H2,30,33)/b22-11+,23-12-/t20-,24-,27?,28+,29-,34?/m1/s1. The minimum atomic E-state index is -2.65. The number of rotatable bonds is 5. The average Bonchev–Trinajstić information content (AvgIpc) is 3.17. The minimum Gasteiger partial charge on any atom is -0.393 e. The molecule has 4 rings (SSSR count). The molecule has 0 aliphatic heterocycles. The Labute approximate surface area is 205 Å². The summed E-state index contributed by atoms with van der Waals surface area (Å²) in [7, 11) is -2.65. The summed E-state index contributed by atoms with van der Waals surface area (Å²) in [5.74, 6) is 0.739. The summed E-state index contributed by atoms with van der Waals surface area (Å²) in [5, 5.41) is 28.3. The van der Waals surface area contributed by atoms with Crippen LogP contribution >= 0.6 is 0 Å². The van der Waals surface area contributed by atoms with Gasteiger partial charge in [-0.1, -0.05) is 68.0 Å². The first-order valence-electron chi connectivity index (χ1n) is 12.5. The fourth-order valence-electron chi connectivity index (χ4n) is 6.22. The Morgan fingerprint density at radius 2 is 2.00 bits per heavy atom. The van der Waals surface area contributed by atoms with Gasteiger partial charge in [-0.05, 0) is 84.4 Å². The lowest BCUT2D eigenvalue weighted by atomic mass is 9.62. The molecule has 184 valence electrons. The van der Waals surface area contributed by atoms with Crippen molar-refractivity contribution in [3.8, 4) is 0 Å². The Morgan fingerprint density at radius 1 is 1.26 bits per heavy atom. The average molecular weight is 482 g/mol. The Kier molecular flexibility index (Phi) is 7.39. The highest BCUT2D eigenvalue weighted by Gasteiger charge is 2.45. The van der Waals surface area contributed by atoms with E-state index < -0.39 is 21.9 Å². The van der Waals surface area contributed by atoms with E-state index in [0.29, 0.717) is 30.1 Å². The van der Waals surface area contributed by atoms with E-state index in [1.165, 1.54) is 11.1 Å². The largest absolute Gasteiger partial charge is 0.393 e. The lowest BCUT2D eigenvalue weighted by molar-refractivity contribution is 0.0862. The zero-order chi connectivity index (χ0) is 24.5. The molecule has 4 N–H and O–H groups in total. The van der Waals surface area contributed by atoms with E-state index in [0.717, 1.165) is 36.8 Å². The second-order valence-electron chi connectivity index (χ2n) is 10.6. The van der Waals surface area contributed by atoms with Gasteiger partial charge in [-0.3, -0.25) is 5.14 Å². The van der Waals surface area contributed by atoms with Crippen LogP contribution in [0, 0.1) is 17.3 Å². The van der Waals surface area contributed by atoms with Crippen LogP contribution < -0.4 is 5.14 Å². The Bertz CT molecular complexity index is 1140. The predicted molar refractivity (Wildman–Crippen MR) is 142 cm³/mol. The molecule has 0 radical (unpaired) electrons. The molecule has 5 heteroatoms. The first kappa shape index (κ1) is 25.2. The molecule has 0 aromatic heterocycles. The molecular formula is C29H39NO3S. The van der Waals surface area contributed by atoms with Gasteiger partial charge in [-0.25, -0.2) is 4.21 Å². The van der Waals surface area contributed by atoms with Gasteiger partial charge in [-0.15, -0.1) is 0 Å². The van der Waals surface area contributed by atoms with E-state index in [1.807, 2.05) is 35.7 Å². The molecule has 0 saturated heterocycles. The van der Waals surface area contributed by atoms with Crippen molar-refractivity contribution >= 4 is 15.1 Å². The summed E-state index contributed by atoms with van der Waals surface area (Å²) in [6.07, 6.45) is 11.6. The molecule has 3 aliphatic rings. The molecule has 0 heterocycles. The van der Waals surface area contributed by atoms with Gasteiger partial charge in [0.15, 0.2) is 0 Å². The van der Waals surface area contributed by atoms with Crippen LogP contribution in [0.2, 0.25) is 0 Å². The molecule has 0 bridgehead atoms. The van der Waals surface area contributed by atoms with Crippen LogP contribution in [-0.2, 0) is 9.71 Å². The predicted octanol–water partition coefficient (Wildman–Crippen LogP) is 5.09. The van der Waals surface area contributed by atoms with Crippen LogP contribution in [0.3, 0.4) is 0 Å². The lowest BCUT2D eigenvalue weighted by Crippen LogP contribution is -2.33. The van der Waals surface area contributed by atoms with Gasteiger partial charge >= 0.3 is 0 Å². The molecule has 0 spiro atoms. The molecule has 6 atom stereocenters. The van der Waals surface area contributed by atoms with Gasteiger partial charge in [0, 0.05) is 11.3 Å². The quantitative estimate of drug-likeness (QED) is 0.404. The molecule has 0 amide bonds. The van der Waals surface area contributed by atoms with E-state index in [9.17, 15) is 14.4 Å². The van der Waals surface area contributed by atoms with Gasteiger partial charge in [0.2, 0.25) is 0 Å². The van der Waals surface area contributed by atoms with Crippen molar-refractivity contribution in [2.45, 2.75) is 75.9 Å². The molecule has 4 nitrogen and oxygen atoms in total. The van der Waals surface area contributed by atoms with E-state index in [-0.39, 0.29) is 11.3 Å². The number of nitrogens with two attached hydrogens (primary N) is 1. The number of hydrogen-bond acceptors (Lipinski definition) is 3. The highest BCUT2D eigenvalue weighted by atomic mass is 32.2. The highest BCUT2D eigenvalue weighted by molar-refractivity contribution is 7.99. The summed E-state index contributed by atoms with van der Waals surface area (Å²) in [4.78, 5) is 0.683. The van der Waals surface area contributed by atoms with E-state index in [2.05, 4.69) is 38.7 Å². The SMILES string of the molecule is C=C1/C(=C\C=C2/CCC[C@]3(C)C([C@H](C)CC=S(N)(=O)c4ccccc4)=CCC23)C[C@@H](O)C[C@@H]1O. The maximum absolute atomic E-state index is 13.1. The third kappa shape index (κ3) is 5.03. The summed E-state index contributed by atoms with van der Waals surface area (Å²) in [6.45, 7) is 8.66. The van der Waals surface area contributed by atoms with Crippen molar-refractivity contribution in [3.63, 3.8) is 0 Å². The summed E-state index contributed by atoms with van der Waals surface area (Å²) < 4.78 is 13.1. The number of benzene rings is 1. The smallest absolute Gasteiger partial charge is 0.0811 e. The molecule has 1 aromatic rings. The summed E-state index contributed by atoms with van der Waals surface area (Å²) >= 11 is 0. The fraction of sp³-hybridized carbons (Fsp3) is 0.483. The van der Waals surface area contributed by atoms with Crippen LogP contribution in [0.5, 0.6) is 0 Å². The lowest BCUT2D eigenvalue weighted by Gasteiger charge is -2.42. The number of aliphatic hydroxyl groups is 2. The van der Waals surface area contributed by atoms with Crippen LogP contribution in [-0.4, -0.2) is 32.0 Å². The maximum atomic E-state index is 13.1. The number of aliphatic hydroxyl groups excluding tert-OH is 2. The van der Waals surface area contributed by atoms with Crippen molar-refractivity contribution in [1.82, 2.24) is 0 Å². The zero-order valence-corrected chi connectivity index (χ0v) is 21.3. The Balaban J connectivity index is 1.51. The summed E-state index contributed by atoms with van der Waals surface area (Å²) in [6, 6.07) is 9.33. The number of hydrogen-bond donors (Lipinski definition) is 3. The molecule has 3 aliphatic carbocycles. The molecular weight excluding hydrogens is 442 g/mol. The van der Waals surface area contributed by atoms with E-state index >= 15 is 0 Å². The van der Waals surface area contributed by atoms with Crippen molar-refractivity contribution < 1.29 is 14.4 Å². The topological polar surface area (TPSA) is 83.6 Å². The molecule has 2 saturated carbocycles. The van der Waals surface area contributed by atoms with Crippen LogP contribution in [0.4, 0.5) is 0 Å². The number of fused-ring (bicyclic) bond motifs is 1. The molecule has 2 fully saturated rings. The summed E-state index contributed by atoms with van der Waals surface area (Å²) in [5.41, 5.74) is 4.69. The van der Waals surface area contributed by atoms with Crippen molar-refractivity contribution in [2.75, 3.05) is 0 Å². The van der Waals surface area contributed by atoms with Gasteiger partial charge < -0.3 is 10.2 Å². The third-order valence-corrected chi connectivity index (χ3v) is 9.91.